The van der Waals surface area contributed by atoms with E-state index in [1.807, 2.05) is 0 Å². The Kier molecular flexibility index (Phi) is 2.56. The average Bonchev–Trinajstić information content (AvgIpc) is 3.15. The van der Waals surface area contributed by atoms with Crippen LogP contribution in [0.1, 0.15) is 18.4 Å². The van der Waals surface area contributed by atoms with E-state index in [0.717, 1.165) is 12.8 Å². The molecule has 2 aliphatic rings. The van der Waals surface area contributed by atoms with Crippen molar-refractivity contribution in [2.45, 2.75) is 18.3 Å². The number of hydrogen-bond donors (Lipinski definition) is 1. The molecule has 0 amide bonds. The van der Waals surface area contributed by atoms with Gasteiger partial charge in [0.1, 0.15) is 19.0 Å². The highest BCUT2D eigenvalue weighted by Gasteiger charge is 2.46. The zero-order valence-electron chi connectivity index (χ0n) is 9.26. The molecule has 1 aliphatic heterocycles. The van der Waals surface area contributed by atoms with Crippen LogP contribution in [0.4, 0.5) is 4.39 Å². The predicted molar refractivity (Wildman–Crippen MR) is 65.1 cm³/mol. The summed E-state index contributed by atoms with van der Waals surface area (Å²) in [6.07, 6.45) is 1.87. The zero-order valence-corrected chi connectivity index (χ0v) is 10.8. The normalized spacial score (nSPS) is 20.2. The summed E-state index contributed by atoms with van der Waals surface area (Å²) in [6.45, 7) is 1.42. The van der Waals surface area contributed by atoms with Crippen LogP contribution in [0.3, 0.4) is 0 Å². The lowest BCUT2D eigenvalue weighted by atomic mass is 9.95. The first-order valence-corrected chi connectivity index (χ1v) is 6.45. The van der Waals surface area contributed by atoms with E-state index < -0.39 is 0 Å². The molecule has 1 heterocycles. The first kappa shape index (κ1) is 11.3. The molecule has 1 aromatic carbocycles. The van der Waals surface area contributed by atoms with Gasteiger partial charge in [-0.15, -0.1) is 0 Å². The fraction of sp³-hybridized carbons (Fsp3) is 0.500. The summed E-state index contributed by atoms with van der Waals surface area (Å²) >= 11 is 3.25. The molecule has 0 aromatic heterocycles. The van der Waals surface area contributed by atoms with E-state index in [-0.39, 0.29) is 11.2 Å². The molecule has 5 heteroatoms. The molecule has 1 fully saturated rings. The van der Waals surface area contributed by atoms with Crippen molar-refractivity contribution >= 4 is 15.9 Å². The topological polar surface area (TPSA) is 44.5 Å². The minimum atomic E-state index is -0.266. The predicted octanol–water partition coefficient (Wildman–Crippen LogP) is 2.35. The highest BCUT2D eigenvalue weighted by atomic mass is 79.9. The second-order valence-electron chi connectivity index (χ2n) is 4.56. The van der Waals surface area contributed by atoms with Crippen molar-refractivity contribution in [3.05, 3.63) is 21.9 Å². The highest BCUT2D eigenvalue weighted by molar-refractivity contribution is 9.10. The van der Waals surface area contributed by atoms with Crippen molar-refractivity contribution in [2.75, 3.05) is 19.8 Å². The van der Waals surface area contributed by atoms with E-state index in [1.54, 1.807) is 6.07 Å². The zero-order chi connectivity index (χ0) is 12.0. The minimum Gasteiger partial charge on any atom is -0.486 e. The van der Waals surface area contributed by atoms with E-state index in [1.165, 1.54) is 0 Å². The fourth-order valence-electron chi connectivity index (χ4n) is 2.24. The molecule has 3 rings (SSSR count). The SMILES string of the molecule is NCC1(c2cc3c(c(Br)c2F)OCCO3)CC1. The summed E-state index contributed by atoms with van der Waals surface area (Å²) in [5, 5.41) is 0. The van der Waals surface area contributed by atoms with E-state index in [2.05, 4.69) is 15.9 Å². The maximum Gasteiger partial charge on any atom is 0.178 e. The van der Waals surface area contributed by atoms with Gasteiger partial charge in [0.15, 0.2) is 11.5 Å². The van der Waals surface area contributed by atoms with Crippen molar-refractivity contribution < 1.29 is 13.9 Å². The Labute approximate surface area is 107 Å². The number of nitrogens with two attached hydrogens (primary N) is 1. The second kappa shape index (κ2) is 3.85. The lowest BCUT2D eigenvalue weighted by molar-refractivity contribution is 0.169. The Morgan fingerprint density at radius 2 is 2.06 bits per heavy atom. The van der Waals surface area contributed by atoms with Crippen molar-refractivity contribution in [1.82, 2.24) is 0 Å². The van der Waals surface area contributed by atoms with E-state index in [4.69, 9.17) is 15.2 Å². The van der Waals surface area contributed by atoms with Crippen LogP contribution in [-0.4, -0.2) is 19.8 Å². The van der Waals surface area contributed by atoms with Gasteiger partial charge in [0.05, 0.1) is 4.47 Å². The van der Waals surface area contributed by atoms with Crippen molar-refractivity contribution in [3.63, 3.8) is 0 Å². The standard InChI is InChI=1S/C12H13BrFNO2/c13-9-10(14)7(12(6-15)1-2-12)5-8-11(9)17-4-3-16-8/h5H,1-4,6,15H2. The van der Waals surface area contributed by atoms with E-state index in [9.17, 15) is 4.39 Å². The molecule has 0 radical (unpaired) electrons. The van der Waals surface area contributed by atoms with Gasteiger partial charge >= 0.3 is 0 Å². The van der Waals surface area contributed by atoms with Crippen LogP contribution in [0.2, 0.25) is 0 Å². The molecule has 92 valence electrons. The summed E-state index contributed by atoms with van der Waals surface area (Å²) in [4.78, 5) is 0. The maximum atomic E-state index is 14.3. The smallest absolute Gasteiger partial charge is 0.178 e. The maximum absolute atomic E-state index is 14.3. The molecule has 17 heavy (non-hydrogen) atoms. The first-order valence-electron chi connectivity index (χ1n) is 5.66. The lowest BCUT2D eigenvalue weighted by Gasteiger charge is -2.23. The van der Waals surface area contributed by atoms with Gasteiger partial charge in [-0.05, 0) is 34.8 Å². The number of halogens is 2. The van der Waals surface area contributed by atoms with Crippen LogP contribution in [0.15, 0.2) is 10.5 Å². The van der Waals surface area contributed by atoms with Gasteiger partial charge in [0, 0.05) is 17.5 Å². The molecule has 0 saturated heterocycles. The molecule has 0 bridgehead atoms. The molecule has 1 saturated carbocycles. The fourth-order valence-corrected chi connectivity index (χ4v) is 2.77. The van der Waals surface area contributed by atoms with Gasteiger partial charge in [-0.3, -0.25) is 0 Å². The number of fused-ring (bicyclic) bond motifs is 1. The Balaban J connectivity index is 2.14. The number of benzene rings is 1. The third kappa shape index (κ3) is 1.64. The first-order chi connectivity index (χ1) is 8.18. The highest BCUT2D eigenvalue weighted by Crippen LogP contribution is 2.52. The number of hydrogen-bond acceptors (Lipinski definition) is 3. The Bertz CT molecular complexity index is 474. The molecular weight excluding hydrogens is 289 g/mol. The Hall–Kier alpha value is -0.810. The van der Waals surface area contributed by atoms with Crippen LogP contribution >= 0.6 is 15.9 Å². The van der Waals surface area contributed by atoms with E-state index >= 15 is 0 Å². The van der Waals surface area contributed by atoms with Gasteiger partial charge in [-0.2, -0.15) is 0 Å². The third-order valence-corrected chi connectivity index (χ3v) is 4.24. The summed E-state index contributed by atoms with van der Waals surface area (Å²) in [7, 11) is 0. The summed E-state index contributed by atoms with van der Waals surface area (Å²) in [5.41, 5.74) is 6.20. The number of ether oxygens (including phenoxy) is 2. The van der Waals surface area contributed by atoms with Crippen LogP contribution in [0.5, 0.6) is 11.5 Å². The second-order valence-corrected chi connectivity index (χ2v) is 5.35. The number of rotatable bonds is 2. The van der Waals surface area contributed by atoms with Crippen LogP contribution < -0.4 is 15.2 Å². The van der Waals surface area contributed by atoms with Gasteiger partial charge in [-0.25, -0.2) is 4.39 Å². The van der Waals surface area contributed by atoms with E-state index in [0.29, 0.717) is 41.3 Å². The molecule has 0 spiro atoms. The lowest BCUT2D eigenvalue weighted by Crippen LogP contribution is -2.23. The van der Waals surface area contributed by atoms with Crippen molar-refractivity contribution in [1.29, 1.82) is 0 Å². The van der Waals surface area contributed by atoms with Gasteiger partial charge in [-0.1, -0.05) is 0 Å². The molecule has 0 atom stereocenters. The molecular formula is C12H13BrFNO2. The van der Waals surface area contributed by atoms with Crippen LogP contribution in [0, 0.1) is 5.82 Å². The van der Waals surface area contributed by atoms with Gasteiger partial charge in [0.25, 0.3) is 0 Å². The summed E-state index contributed by atoms with van der Waals surface area (Å²) < 4.78 is 25.5. The average molecular weight is 302 g/mol. The van der Waals surface area contributed by atoms with Crippen LogP contribution in [-0.2, 0) is 5.41 Å². The summed E-state index contributed by atoms with van der Waals surface area (Å²) in [5.74, 6) is 0.807. The molecule has 0 unspecified atom stereocenters. The largest absolute Gasteiger partial charge is 0.486 e. The molecule has 1 aliphatic carbocycles. The van der Waals surface area contributed by atoms with Crippen LogP contribution in [0.25, 0.3) is 0 Å². The monoisotopic (exact) mass is 301 g/mol. The van der Waals surface area contributed by atoms with Gasteiger partial charge < -0.3 is 15.2 Å². The molecule has 1 aromatic rings. The quantitative estimate of drug-likeness (QED) is 0.912. The molecule has 3 nitrogen and oxygen atoms in total. The Morgan fingerprint density at radius 3 is 2.71 bits per heavy atom. The summed E-state index contributed by atoms with van der Waals surface area (Å²) in [6, 6.07) is 1.74. The van der Waals surface area contributed by atoms with Gasteiger partial charge in [0.2, 0.25) is 0 Å². The van der Waals surface area contributed by atoms with Crippen molar-refractivity contribution in [2.24, 2.45) is 5.73 Å². The third-order valence-electron chi connectivity index (χ3n) is 3.53. The minimum absolute atomic E-state index is 0.192. The molecule has 2 N–H and O–H groups in total. The Morgan fingerprint density at radius 1 is 1.35 bits per heavy atom. The van der Waals surface area contributed by atoms with Crippen molar-refractivity contribution in [3.8, 4) is 11.5 Å².